The molecule has 0 spiro atoms. The minimum atomic E-state index is -3.95. The van der Waals surface area contributed by atoms with Crippen LogP contribution in [-0.2, 0) is 56.4 Å². The van der Waals surface area contributed by atoms with Gasteiger partial charge in [0, 0.05) is 55.4 Å². The number of esters is 4. The van der Waals surface area contributed by atoms with Crippen molar-refractivity contribution in [2.75, 3.05) is 49.4 Å². The Kier molecular flexibility index (Phi) is 26.2. The molecule has 3 atom stereocenters. The van der Waals surface area contributed by atoms with E-state index in [2.05, 4.69) is 0 Å². The molecule has 22 heteroatoms. The van der Waals surface area contributed by atoms with Crippen molar-refractivity contribution in [3.63, 3.8) is 0 Å². The summed E-state index contributed by atoms with van der Waals surface area (Å²) in [6.07, 6.45) is -12.4. The van der Waals surface area contributed by atoms with Crippen molar-refractivity contribution in [3.05, 3.63) is 189 Å². The molecule has 0 bridgehead atoms. The van der Waals surface area contributed by atoms with Crippen LogP contribution >= 0.6 is 72.2 Å². The lowest BCUT2D eigenvalue weighted by Gasteiger charge is -2.31. The van der Waals surface area contributed by atoms with Gasteiger partial charge in [-0.3, -0.25) is 42.5 Å². The van der Waals surface area contributed by atoms with Crippen LogP contribution in [0.4, 0.5) is 0 Å². The zero-order valence-corrected chi connectivity index (χ0v) is 56.6. The van der Waals surface area contributed by atoms with E-state index in [-0.39, 0.29) is 56.4 Å². The molecule has 3 unspecified atom stereocenters. The SMILES string of the molecule is Cc1cc(C)c(C(=O)P(=O)(SCCC(=O)OCC(COC(=O)CCSP=O)(COC(=O)CCSP(=O)(C(=O)c2c(C)cc(C)cc2C)c2ccccc2)COC(=O)CCSP(=O)(c2ccccc2)c2c(C)cc(C)cc2C)c2ccccc2)c(C)c1. The molecule has 0 saturated carbocycles. The smallest absolute Gasteiger partial charge is 0.306 e. The van der Waals surface area contributed by atoms with Gasteiger partial charge in [-0.25, -0.2) is 0 Å². The molecule has 6 aromatic rings. The van der Waals surface area contributed by atoms with Gasteiger partial charge in [0.05, 0.1) is 25.7 Å². The van der Waals surface area contributed by atoms with Crippen LogP contribution in [0, 0.1) is 67.7 Å². The van der Waals surface area contributed by atoms with Crippen molar-refractivity contribution in [1.82, 2.24) is 0 Å². The number of carbonyl (C=O) groups is 6. The molecule has 6 aromatic carbocycles. The van der Waals surface area contributed by atoms with Gasteiger partial charge in [0.2, 0.25) is 31.4 Å². The summed E-state index contributed by atoms with van der Waals surface area (Å²) in [5.74, 6) is -3.28. The molecular formula is C64H72O14P4S4. The van der Waals surface area contributed by atoms with E-state index in [9.17, 15) is 33.3 Å². The summed E-state index contributed by atoms with van der Waals surface area (Å²) >= 11 is 3.75. The summed E-state index contributed by atoms with van der Waals surface area (Å²) in [4.78, 5) is 83.9. The Balaban J connectivity index is 1.26. The summed E-state index contributed by atoms with van der Waals surface area (Å²) in [5, 5.41) is 1.87. The lowest BCUT2D eigenvalue weighted by molar-refractivity contribution is -0.170. The summed E-state index contributed by atoms with van der Waals surface area (Å²) in [7, 11) is -0.262. The van der Waals surface area contributed by atoms with E-state index in [0.717, 1.165) is 73.3 Å². The molecule has 0 fully saturated rings. The zero-order valence-electron chi connectivity index (χ0n) is 49.7. The molecular weight excluding hydrogens is 1240 g/mol. The Morgan fingerprint density at radius 1 is 0.407 bits per heavy atom. The minimum Gasteiger partial charge on any atom is -0.465 e. The molecule has 0 radical (unpaired) electrons. The second-order valence-corrected chi connectivity index (χ2v) is 38.2. The molecule has 0 amide bonds. The summed E-state index contributed by atoms with van der Waals surface area (Å²) in [6.45, 7) is 14.2. The van der Waals surface area contributed by atoms with Gasteiger partial charge in [-0.05, 0) is 95.7 Å². The highest BCUT2D eigenvalue weighted by Crippen LogP contribution is 2.62. The maximum absolute atomic E-state index is 15.3. The van der Waals surface area contributed by atoms with Crippen molar-refractivity contribution in [3.8, 4) is 0 Å². The Bertz CT molecular complexity index is 3380. The molecule has 0 N–H and O–H groups in total. The van der Waals surface area contributed by atoms with Crippen molar-refractivity contribution >= 4 is 128 Å². The quantitative estimate of drug-likeness (QED) is 0.0166. The van der Waals surface area contributed by atoms with Gasteiger partial charge >= 0.3 is 23.9 Å². The first-order valence-electron chi connectivity index (χ1n) is 27.7. The van der Waals surface area contributed by atoms with Crippen LogP contribution in [0.3, 0.4) is 0 Å². The number of ether oxygens (including phenoxy) is 4. The number of aryl methyl sites for hydroxylation is 9. The summed E-state index contributed by atoms with van der Waals surface area (Å²) in [5.41, 5.74) is 4.96. The molecule has 0 heterocycles. The fraction of sp³-hybridized carbons (Fsp3) is 0.344. The van der Waals surface area contributed by atoms with Gasteiger partial charge in [-0.15, -0.1) is 0 Å². The Morgan fingerprint density at radius 2 is 0.698 bits per heavy atom. The van der Waals surface area contributed by atoms with Crippen molar-refractivity contribution < 1.29 is 66.0 Å². The number of hydrogen-bond acceptors (Lipinski definition) is 18. The van der Waals surface area contributed by atoms with Gasteiger partial charge in [0.15, 0.2) is 6.34 Å². The maximum atomic E-state index is 15.3. The third kappa shape index (κ3) is 18.4. The third-order valence-corrected chi connectivity index (χ3v) is 31.6. The summed E-state index contributed by atoms with van der Waals surface area (Å²) in [6, 6.07) is 37.0. The standard InChI is InChI=1S/C64H72O14P4S4/c1-43-33-46(4)59(47(5)34-43)62(69)81(73,53-21-15-11-16-22-53)85-31-27-57(67)77-41-64(39-75-55(65)25-29-83-79-71,40-76-56(66)26-30-84-80(72,52-19-13-10-14-20-52)61-50(8)37-45(3)38-51(61)9)42-78-58(68)28-32-86-82(74,54-23-17-12-18-24-54)63(70)60-48(6)35-44(2)36-49(60)7/h10-24,33-38H,25-32,39-42H2,1-9H3. The number of rotatable bonds is 32. The van der Waals surface area contributed by atoms with E-state index in [1.165, 1.54) is 0 Å². The van der Waals surface area contributed by atoms with Gasteiger partial charge in [0.1, 0.15) is 31.8 Å². The second kappa shape index (κ2) is 32.3. The lowest BCUT2D eigenvalue weighted by atomic mass is 9.92. The Morgan fingerprint density at radius 3 is 1.02 bits per heavy atom. The van der Waals surface area contributed by atoms with Crippen LogP contribution < -0.4 is 21.2 Å². The van der Waals surface area contributed by atoms with Gasteiger partial charge in [-0.1, -0.05) is 190 Å². The van der Waals surface area contributed by atoms with Gasteiger partial charge in [-0.2, -0.15) is 0 Å². The van der Waals surface area contributed by atoms with Crippen LogP contribution in [0.25, 0.3) is 0 Å². The molecule has 0 aromatic heterocycles. The highest BCUT2D eigenvalue weighted by Gasteiger charge is 2.41. The zero-order chi connectivity index (χ0) is 62.8. The average Bonchev–Trinajstić information content (AvgIpc) is 0.909. The van der Waals surface area contributed by atoms with Gasteiger partial charge in [0.25, 0.3) is 0 Å². The largest absolute Gasteiger partial charge is 0.465 e. The summed E-state index contributed by atoms with van der Waals surface area (Å²) < 4.78 is 80.0. The molecule has 0 aliphatic carbocycles. The van der Waals surface area contributed by atoms with Crippen LogP contribution in [0.2, 0.25) is 0 Å². The minimum absolute atomic E-state index is 0.0482. The fourth-order valence-corrected chi connectivity index (χ4v) is 26.1. The van der Waals surface area contributed by atoms with Gasteiger partial charge < -0.3 is 23.5 Å². The lowest BCUT2D eigenvalue weighted by Crippen LogP contribution is -2.44. The first-order chi connectivity index (χ1) is 40.9. The normalized spacial score (nSPS) is 14.2. The molecule has 14 nitrogen and oxygen atoms in total. The second-order valence-electron chi connectivity index (χ2n) is 21.1. The average molecular weight is 1320 g/mol. The molecule has 0 aliphatic rings. The maximum Gasteiger partial charge on any atom is 0.306 e. The monoisotopic (exact) mass is 1320 g/mol. The van der Waals surface area contributed by atoms with E-state index < -0.39 is 85.8 Å². The van der Waals surface area contributed by atoms with Crippen LogP contribution in [0.15, 0.2) is 127 Å². The van der Waals surface area contributed by atoms with E-state index in [4.69, 9.17) is 18.9 Å². The molecule has 456 valence electrons. The van der Waals surface area contributed by atoms with E-state index in [1.54, 1.807) is 113 Å². The van der Waals surface area contributed by atoms with Crippen LogP contribution in [0.5, 0.6) is 0 Å². The van der Waals surface area contributed by atoms with E-state index in [0.29, 0.717) is 54.6 Å². The molecule has 86 heavy (non-hydrogen) atoms. The van der Waals surface area contributed by atoms with Crippen LogP contribution in [0.1, 0.15) is 96.5 Å². The highest BCUT2D eigenvalue weighted by atomic mass is 32.7. The van der Waals surface area contributed by atoms with E-state index >= 15 is 13.7 Å². The number of carbonyl (C=O) groups excluding carboxylic acids is 6. The van der Waals surface area contributed by atoms with Crippen molar-refractivity contribution in [1.29, 1.82) is 0 Å². The van der Waals surface area contributed by atoms with Crippen molar-refractivity contribution in [2.24, 2.45) is 5.41 Å². The van der Waals surface area contributed by atoms with E-state index in [1.807, 2.05) is 77.1 Å². The number of hydrogen-bond donors (Lipinski definition) is 0. The molecule has 0 aliphatic heterocycles. The first kappa shape index (κ1) is 69.8. The predicted octanol–water partition coefficient (Wildman–Crippen LogP) is 14.4. The number of benzene rings is 6. The fourth-order valence-electron chi connectivity index (χ4n) is 10.0. The molecule has 6 rings (SSSR count). The Hall–Kier alpha value is -5.27. The molecule has 0 saturated heterocycles. The van der Waals surface area contributed by atoms with Crippen LogP contribution in [-0.4, -0.2) is 84.4 Å². The topological polar surface area (TPSA) is 208 Å². The predicted molar refractivity (Wildman–Crippen MR) is 353 cm³/mol. The highest BCUT2D eigenvalue weighted by molar-refractivity contribution is 8.65. The first-order valence-corrected chi connectivity index (χ1v) is 40.0. The Labute approximate surface area is 522 Å². The van der Waals surface area contributed by atoms with Crippen molar-refractivity contribution in [2.45, 2.75) is 88.0 Å². The third-order valence-electron chi connectivity index (χ3n) is 13.9.